The predicted molar refractivity (Wildman–Crippen MR) is 118 cm³/mol. The maximum atomic E-state index is 12.9. The summed E-state index contributed by atoms with van der Waals surface area (Å²) in [7, 11) is -3.49. The first-order chi connectivity index (χ1) is 13.5. The zero-order chi connectivity index (χ0) is 21.8. The number of carbonyl (C=O) groups excluding carboxylic acids is 1. The highest BCUT2D eigenvalue weighted by molar-refractivity contribution is 7.89. The first-order valence-corrected chi connectivity index (χ1v) is 11.5. The maximum Gasteiger partial charge on any atom is 0.243 e. The molecular weight excluding hydrogens is 408 g/mol. The van der Waals surface area contributed by atoms with Crippen molar-refractivity contribution in [2.45, 2.75) is 51.0 Å². The number of benzene rings is 2. The van der Waals surface area contributed by atoms with Crippen LogP contribution >= 0.6 is 11.6 Å². The molecule has 2 aromatic rings. The number of hydrogen-bond acceptors (Lipinski definition) is 3. The number of nitrogens with one attached hydrogen (secondary N) is 1. The summed E-state index contributed by atoms with van der Waals surface area (Å²) < 4.78 is 26.6. The second-order valence-corrected chi connectivity index (χ2v) is 9.86. The van der Waals surface area contributed by atoms with Crippen molar-refractivity contribution < 1.29 is 13.2 Å². The molecule has 0 aliphatic carbocycles. The van der Waals surface area contributed by atoms with Crippen LogP contribution in [-0.4, -0.2) is 31.7 Å². The van der Waals surface area contributed by atoms with Crippen molar-refractivity contribution in [3.05, 3.63) is 64.7 Å². The lowest BCUT2D eigenvalue weighted by molar-refractivity contribution is -0.126. The molecule has 2 rings (SSSR count). The van der Waals surface area contributed by atoms with Crippen LogP contribution in [0, 0.1) is 0 Å². The van der Waals surface area contributed by atoms with Gasteiger partial charge in [-0.2, -0.15) is 4.31 Å². The van der Waals surface area contributed by atoms with E-state index in [2.05, 4.69) is 5.32 Å². The van der Waals surface area contributed by atoms with E-state index in [1.807, 2.05) is 46.8 Å². The Balaban J connectivity index is 2.15. The summed E-state index contributed by atoms with van der Waals surface area (Å²) in [5.74, 6) is -0.118. The Morgan fingerprint density at radius 3 is 2.03 bits per heavy atom. The lowest BCUT2D eigenvalue weighted by atomic mass is 9.83. The minimum absolute atomic E-state index is 0.118. The SMILES string of the molecule is CCN(CC)S(=O)(=O)c1ccc(C(C)NC(=O)C(C)(C)c2ccc(Cl)cc2)cc1. The van der Waals surface area contributed by atoms with Gasteiger partial charge in [0.15, 0.2) is 0 Å². The minimum Gasteiger partial charge on any atom is -0.349 e. The van der Waals surface area contributed by atoms with E-state index in [1.54, 1.807) is 36.4 Å². The lowest BCUT2D eigenvalue weighted by Gasteiger charge is -2.27. The van der Waals surface area contributed by atoms with Crippen LogP contribution in [-0.2, 0) is 20.2 Å². The number of halogens is 1. The van der Waals surface area contributed by atoms with Crippen molar-refractivity contribution in [2.75, 3.05) is 13.1 Å². The molecule has 0 fully saturated rings. The van der Waals surface area contributed by atoms with Gasteiger partial charge in [0.25, 0.3) is 0 Å². The van der Waals surface area contributed by atoms with E-state index in [0.29, 0.717) is 18.1 Å². The number of amides is 1. The summed E-state index contributed by atoms with van der Waals surface area (Å²) in [6.07, 6.45) is 0. The molecule has 1 amide bonds. The smallest absolute Gasteiger partial charge is 0.243 e. The van der Waals surface area contributed by atoms with E-state index in [-0.39, 0.29) is 16.8 Å². The van der Waals surface area contributed by atoms with Gasteiger partial charge >= 0.3 is 0 Å². The minimum atomic E-state index is -3.49. The topological polar surface area (TPSA) is 66.5 Å². The van der Waals surface area contributed by atoms with E-state index in [0.717, 1.165) is 11.1 Å². The Hall–Kier alpha value is -1.89. The number of hydrogen-bond donors (Lipinski definition) is 1. The largest absolute Gasteiger partial charge is 0.349 e. The fourth-order valence-electron chi connectivity index (χ4n) is 3.10. The average molecular weight is 437 g/mol. The Kier molecular flexibility index (Phi) is 7.49. The molecule has 1 atom stereocenters. The third-order valence-electron chi connectivity index (χ3n) is 5.20. The van der Waals surface area contributed by atoms with Crippen LogP contribution in [0.5, 0.6) is 0 Å². The van der Waals surface area contributed by atoms with Crippen molar-refractivity contribution in [3.63, 3.8) is 0 Å². The van der Waals surface area contributed by atoms with Gasteiger partial charge in [-0.05, 0) is 56.2 Å². The Morgan fingerprint density at radius 1 is 1.03 bits per heavy atom. The number of nitrogens with zero attached hydrogens (tertiary/aromatic N) is 1. The zero-order valence-corrected chi connectivity index (χ0v) is 19.1. The summed E-state index contributed by atoms with van der Waals surface area (Å²) in [6, 6.07) is 13.6. The van der Waals surface area contributed by atoms with Crippen LogP contribution in [0.3, 0.4) is 0 Å². The van der Waals surface area contributed by atoms with Gasteiger partial charge in [0, 0.05) is 18.1 Å². The van der Waals surface area contributed by atoms with Crippen molar-refractivity contribution in [1.82, 2.24) is 9.62 Å². The number of rotatable bonds is 8. The summed E-state index contributed by atoms with van der Waals surface area (Å²) in [6.45, 7) is 10.1. The molecule has 7 heteroatoms. The van der Waals surface area contributed by atoms with E-state index < -0.39 is 15.4 Å². The number of sulfonamides is 1. The van der Waals surface area contributed by atoms with Gasteiger partial charge in [0.05, 0.1) is 16.4 Å². The standard InChI is InChI=1S/C22H29ClN2O3S/c1-6-25(7-2)29(27,28)20-14-8-17(9-15-20)16(3)24-21(26)22(4,5)18-10-12-19(23)13-11-18/h8-16H,6-7H2,1-5H3,(H,24,26). The second-order valence-electron chi connectivity index (χ2n) is 7.49. The van der Waals surface area contributed by atoms with Crippen LogP contribution in [0.2, 0.25) is 5.02 Å². The highest BCUT2D eigenvalue weighted by Crippen LogP contribution is 2.26. The van der Waals surface area contributed by atoms with Crippen LogP contribution in [0.15, 0.2) is 53.4 Å². The number of carbonyl (C=O) groups is 1. The molecule has 0 aromatic heterocycles. The molecule has 1 N–H and O–H groups in total. The third kappa shape index (κ3) is 5.18. The molecule has 29 heavy (non-hydrogen) atoms. The van der Waals surface area contributed by atoms with Crippen LogP contribution in [0.4, 0.5) is 0 Å². The second kappa shape index (κ2) is 9.28. The summed E-state index contributed by atoms with van der Waals surface area (Å²) >= 11 is 5.94. The Morgan fingerprint density at radius 2 is 1.55 bits per heavy atom. The van der Waals surface area contributed by atoms with Crippen LogP contribution < -0.4 is 5.32 Å². The summed E-state index contributed by atoms with van der Waals surface area (Å²) in [5.41, 5.74) is 0.973. The van der Waals surface area contributed by atoms with Gasteiger partial charge < -0.3 is 5.32 Å². The fraction of sp³-hybridized carbons (Fsp3) is 0.409. The highest BCUT2D eigenvalue weighted by atomic mass is 35.5. The first kappa shape index (κ1) is 23.4. The van der Waals surface area contributed by atoms with E-state index in [9.17, 15) is 13.2 Å². The van der Waals surface area contributed by atoms with Crippen molar-refractivity contribution in [2.24, 2.45) is 0 Å². The van der Waals surface area contributed by atoms with E-state index in [1.165, 1.54) is 4.31 Å². The molecule has 0 saturated carbocycles. The van der Waals surface area contributed by atoms with E-state index in [4.69, 9.17) is 11.6 Å². The van der Waals surface area contributed by atoms with Crippen LogP contribution in [0.1, 0.15) is 51.8 Å². The molecule has 0 bridgehead atoms. The van der Waals surface area contributed by atoms with Crippen molar-refractivity contribution in [3.8, 4) is 0 Å². The highest BCUT2D eigenvalue weighted by Gasteiger charge is 2.31. The average Bonchev–Trinajstić information content (AvgIpc) is 2.69. The maximum absolute atomic E-state index is 12.9. The first-order valence-electron chi connectivity index (χ1n) is 9.71. The van der Waals surface area contributed by atoms with Gasteiger partial charge in [-0.25, -0.2) is 8.42 Å². The Labute approximate surface area is 179 Å². The van der Waals surface area contributed by atoms with Gasteiger partial charge in [-0.15, -0.1) is 0 Å². The molecule has 2 aromatic carbocycles. The zero-order valence-electron chi connectivity index (χ0n) is 17.6. The van der Waals surface area contributed by atoms with Crippen molar-refractivity contribution >= 4 is 27.5 Å². The predicted octanol–water partition coefficient (Wildman–Crippen LogP) is 4.53. The monoisotopic (exact) mass is 436 g/mol. The summed E-state index contributed by atoms with van der Waals surface area (Å²) in [4.78, 5) is 13.1. The van der Waals surface area contributed by atoms with E-state index >= 15 is 0 Å². The van der Waals surface area contributed by atoms with Crippen LogP contribution in [0.25, 0.3) is 0 Å². The fourth-order valence-corrected chi connectivity index (χ4v) is 4.68. The molecule has 0 spiro atoms. The van der Waals surface area contributed by atoms with Crippen molar-refractivity contribution in [1.29, 1.82) is 0 Å². The van der Waals surface area contributed by atoms with Gasteiger partial charge in [-0.1, -0.05) is 49.7 Å². The molecule has 1 unspecified atom stereocenters. The molecule has 0 radical (unpaired) electrons. The van der Waals surface area contributed by atoms with Gasteiger partial charge in [0.1, 0.15) is 0 Å². The molecule has 158 valence electrons. The normalized spacial score (nSPS) is 13.3. The molecule has 5 nitrogen and oxygen atoms in total. The Bertz CT molecular complexity index is 935. The molecule has 0 saturated heterocycles. The van der Waals surface area contributed by atoms with Gasteiger partial charge in [-0.3, -0.25) is 4.79 Å². The quantitative estimate of drug-likeness (QED) is 0.661. The molecular formula is C22H29ClN2O3S. The molecule has 0 heterocycles. The molecule has 0 aliphatic heterocycles. The lowest BCUT2D eigenvalue weighted by Crippen LogP contribution is -2.41. The van der Waals surface area contributed by atoms with Gasteiger partial charge in [0.2, 0.25) is 15.9 Å². The summed E-state index contributed by atoms with van der Waals surface area (Å²) in [5, 5.41) is 3.64. The molecule has 0 aliphatic rings. The third-order valence-corrected chi connectivity index (χ3v) is 7.52.